The van der Waals surface area contributed by atoms with Crippen LogP contribution in [0.3, 0.4) is 0 Å². The Morgan fingerprint density at radius 2 is 1.85 bits per heavy atom. The van der Waals surface area contributed by atoms with Crippen LogP contribution in [-0.4, -0.2) is 7.05 Å². The van der Waals surface area contributed by atoms with Gasteiger partial charge in [0.2, 0.25) is 0 Å². The van der Waals surface area contributed by atoms with Crippen LogP contribution in [0.4, 0.5) is 0 Å². The minimum absolute atomic E-state index is 0.454. The van der Waals surface area contributed by atoms with Gasteiger partial charge in [0.25, 0.3) is 0 Å². The summed E-state index contributed by atoms with van der Waals surface area (Å²) in [6.45, 7) is 0. The molecule has 0 radical (unpaired) electrons. The molecular weight excluding hydrogens is 266 g/mol. The number of fused-ring (bicyclic) bond motifs is 1. The van der Waals surface area contributed by atoms with E-state index in [4.69, 9.17) is 11.6 Å². The molecule has 2 aromatic carbocycles. The van der Waals surface area contributed by atoms with Gasteiger partial charge in [-0.15, -0.1) is 0 Å². The fourth-order valence-corrected chi connectivity index (χ4v) is 3.49. The molecule has 1 aliphatic rings. The van der Waals surface area contributed by atoms with Gasteiger partial charge in [-0.25, -0.2) is 0 Å². The minimum atomic E-state index is 0.454. The number of nitrogens with one attached hydrogen (secondary N) is 1. The molecule has 0 aromatic heterocycles. The average molecular weight is 286 g/mol. The van der Waals surface area contributed by atoms with Crippen LogP contribution in [0.25, 0.3) is 0 Å². The molecule has 0 spiro atoms. The van der Waals surface area contributed by atoms with Crippen LogP contribution in [0.15, 0.2) is 48.5 Å². The van der Waals surface area contributed by atoms with E-state index in [-0.39, 0.29) is 0 Å². The predicted octanol–water partition coefficient (Wildman–Crippen LogP) is 4.41. The van der Waals surface area contributed by atoms with Crippen molar-refractivity contribution in [1.82, 2.24) is 5.32 Å². The lowest BCUT2D eigenvalue weighted by molar-refractivity contribution is 0.335. The first-order chi connectivity index (χ1) is 9.78. The van der Waals surface area contributed by atoms with E-state index < -0.39 is 0 Å². The first kappa shape index (κ1) is 13.7. The van der Waals surface area contributed by atoms with Crippen molar-refractivity contribution in [1.29, 1.82) is 0 Å². The van der Waals surface area contributed by atoms with Gasteiger partial charge in [0.05, 0.1) is 0 Å². The van der Waals surface area contributed by atoms with Gasteiger partial charge in [-0.2, -0.15) is 0 Å². The highest BCUT2D eigenvalue weighted by Crippen LogP contribution is 2.36. The van der Waals surface area contributed by atoms with E-state index in [1.807, 2.05) is 12.1 Å². The first-order valence-corrected chi connectivity index (χ1v) is 7.65. The maximum Gasteiger partial charge on any atom is 0.0406 e. The number of rotatable bonds is 3. The number of halogens is 1. The van der Waals surface area contributed by atoms with Crippen molar-refractivity contribution < 1.29 is 0 Å². The molecule has 2 unspecified atom stereocenters. The zero-order chi connectivity index (χ0) is 13.9. The molecule has 0 saturated heterocycles. The highest BCUT2D eigenvalue weighted by molar-refractivity contribution is 6.30. The Labute approximate surface area is 126 Å². The molecule has 0 bridgehead atoms. The van der Waals surface area contributed by atoms with Crippen molar-refractivity contribution in [3.05, 3.63) is 70.2 Å². The van der Waals surface area contributed by atoms with Gasteiger partial charge in [0.15, 0.2) is 0 Å². The lowest BCUT2D eigenvalue weighted by atomic mass is 9.77. The maximum absolute atomic E-state index is 5.96. The summed E-state index contributed by atoms with van der Waals surface area (Å²) in [5, 5.41) is 4.33. The van der Waals surface area contributed by atoms with E-state index in [0.717, 1.165) is 11.4 Å². The largest absolute Gasteiger partial charge is 0.313 e. The molecule has 2 atom stereocenters. The van der Waals surface area contributed by atoms with Gasteiger partial charge in [-0.05, 0) is 61.1 Å². The van der Waals surface area contributed by atoms with E-state index in [2.05, 4.69) is 48.8 Å². The van der Waals surface area contributed by atoms with E-state index in [9.17, 15) is 0 Å². The second kappa shape index (κ2) is 5.99. The van der Waals surface area contributed by atoms with Gasteiger partial charge in [0, 0.05) is 11.1 Å². The van der Waals surface area contributed by atoms with Gasteiger partial charge >= 0.3 is 0 Å². The van der Waals surface area contributed by atoms with Gasteiger partial charge in [-0.1, -0.05) is 48.0 Å². The summed E-state index contributed by atoms with van der Waals surface area (Å²) in [4.78, 5) is 0. The Morgan fingerprint density at radius 1 is 1.10 bits per heavy atom. The van der Waals surface area contributed by atoms with E-state index in [0.29, 0.717) is 12.0 Å². The fourth-order valence-electron chi connectivity index (χ4n) is 3.36. The summed E-state index contributed by atoms with van der Waals surface area (Å²) >= 11 is 5.96. The third-order valence-corrected chi connectivity index (χ3v) is 4.62. The lowest BCUT2D eigenvalue weighted by Crippen LogP contribution is -2.31. The molecule has 3 rings (SSSR count). The van der Waals surface area contributed by atoms with E-state index >= 15 is 0 Å². The van der Waals surface area contributed by atoms with Gasteiger partial charge < -0.3 is 5.32 Å². The highest BCUT2D eigenvalue weighted by atomic mass is 35.5. The Balaban J connectivity index is 1.82. The average Bonchev–Trinajstić information content (AvgIpc) is 2.49. The molecule has 0 amide bonds. The summed E-state index contributed by atoms with van der Waals surface area (Å²) < 4.78 is 0. The molecule has 20 heavy (non-hydrogen) atoms. The van der Waals surface area contributed by atoms with Crippen LogP contribution in [0.2, 0.25) is 5.02 Å². The topological polar surface area (TPSA) is 12.0 Å². The standard InChI is InChI=1S/C18H20ClN/c1-20-18-15(12-13-6-10-16(19)11-7-13)9-8-14-4-2-3-5-17(14)18/h2-7,10-11,15,18,20H,8-9,12H2,1H3. The SMILES string of the molecule is CNC1c2ccccc2CCC1Cc1ccc(Cl)cc1. The van der Waals surface area contributed by atoms with E-state index in [1.54, 1.807) is 0 Å². The number of hydrogen-bond donors (Lipinski definition) is 1. The van der Waals surface area contributed by atoms with Crippen molar-refractivity contribution in [2.24, 2.45) is 5.92 Å². The van der Waals surface area contributed by atoms with E-state index in [1.165, 1.54) is 29.5 Å². The Kier molecular flexibility index (Phi) is 4.09. The summed E-state index contributed by atoms with van der Waals surface area (Å²) in [6.07, 6.45) is 3.54. The Hall–Kier alpha value is -1.31. The molecule has 0 fully saturated rings. The third-order valence-electron chi connectivity index (χ3n) is 4.37. The molecular formula is C18H20ClN. The molecule has 1 aliphatic carbocycles. The smallest absolute Gasteiger partial charge is 0.0406 e. The van der Waals surface area contributed by atoms with Crippen LogP contribution in [0.5, 0.6) is 0 Å². The van der Waals surface area contributed by atoms with Gasteiger partial charge in [-0.3, -0.25) is 0 Å². The lowest BCUT2D eigenvalue weighted by Gasteiger charge is -2.33. The summed E-state index contributed by atoms with van der Waals surface area (Å²) in [5.41, 5.74) is 4.35. The number of benzene rings is 2. The summed E-state index contributed by atoms with van der Waals surface area (Å²) in [7, 11) is 2.07. The highest BCUT2D eigenvalue weighted by Gasteiger charge is 2.28. The second-order valence-corrected chi connectivity index (χ2v) is 6.03. The van der Waals surface area contributed by atoms with Crippen molar-refractivity contribution in [2.45, 2.75) is 25.3 Å². The molecule has 104 valence electrons. The Morgan fingerprint density at radius 3 is 2.60 bits per heavy atom. The number of aryl methyl sites for hydroxylation is 1. The monoisotopic (exact) mass is 285 g/mol. The molecule has 0 saturated carbocycles. The van der Waals surface area contributed by atoms with Crippen LogP contribution >= 0.6 is 11.6 Å². The van der Waals surface area contributed by atoms with Crippen LogP contribution in [0, 0.1) is 5.92 Å². The fraction of sp³-hybridized carbons (Fsp3) is 0.333. The summed E-state index contributed by atoms with van der Waals surface area (Å²) in [6, 6.07) is 17.5. The molecule has 2 aromatic rings. The Bertz CT molecular complexity index is 576. The number of hydrogen-bond acceptors (Lipinski definition) is 1. The molecule has 2 heteroatoms. The molecule has 0 heterocycles. The van der Waals surface area contributed by atoms with Crippen LogP contribution in [0.1, 0.15) is 29.2 Å². The van der Waals surface area contributed by atoms with Crippen molar-refractivity contribution >= 4 is 11.6 Å². The third kappa shape index (κ3) is 2.74. The normalized spacial score (nSPS) is 21.5. The van der Waals surface area contributed by atoms with Crippen molar-refractivity contribution in [2.75, 3.05) is 7.05 Å². The van der Waals surface area contributed by atoms with Crippen molar-refractivity contribution in [3.63, 3.8) is 0 Å². The maximum atomic E-state index is 5.96. The summed E-state index contributed by atoms with van der Waals surface area (Å²) in [5.74, 6) is 0.649. The zero-order valence-corrected chi connectivity index (χ0v) is 12.5. The van der Waals surface area contributed by atoms with Crippen molar-refractivity contribution in [3.8, 4) is 0 Å². The zero-order valence-electron chi connectivity index (χ0n) is 11.8. The molecule has 0 aliphatic heterocycles. The molecule has 1 N–H and O–H groups in total. The molecule has 1 nitrogen and oxygen atoms in total. The quantitative estimate of drug-likeness (QED) is 0.881. The van der Waals surface area contributed by atoms with Gasteiger partial charge in [0.1, 0.15) is 0 Å². The minimum Gasteiger partial charge on any atom is -0.313 e. The first-order valence-electron chi connectivity index (χ1n) is 7.27. The predicted molar refractivity (Wildman–Crippen MR) is 85.2 cm³/mol. The second-order valence-electron chi connectivity index (χ2n) is 5.59. The van der Waals surface area contributed by atoms with Crippen LogP contribution < -0.4 is 5.32 Å². The van der Waals surface area contributed by atoms with Crippen LogP contribution in [-0.2, 0) is 12.8 Å².